The monoisotopic (exact) mass is 272 g/mol. The highest BCUT2D eigenvalue weighted by Crippen LogP contribution is 2.29. The van der Waals surface area contributed by atoms with Crippen molar-refractivity contribution in [2.45, 2.75) is 0 Å². The number of aliphatic hydroxyl groups excluding tert-OH is 1. The van der Waals surface area contributed by atoms with Crippen molar-refractivity contribution >= 4 is 34.5 Å². The third-order valence-electron chi connectivity index (χ3n) is 2.01. The molecule has 0 amide bonds. The van der Waals surface area contributed by atoms with E-state index < -0.39 is 4.92 Å². The van der Waals surface area contributed by atoms with Crippen LogP contribution in [0.5, 0.6) is 0 Å². The standard InChI is InChI=1S/C10H13ClN4O3/c11-6-10(12)14-7-1-2-8(13-3-4-16)9(5-7)15(17)18/h1-2,5,13,16H,3-4,6H2,(H2,12,14). The van der Waals surface area contributed by atoms with Gasteiger partial charge in [-0.15, -0.1) is 11.6 Å². The lowest BCUT2D eigenvalue weighted by Crippen LogP contribution is -2.12. The van der Waals surface area contributed by atoms with Crippen LogP contribution in [-0.4, -0.2) is 34.9 Å². The Morgan fingerprint density at radius 2 is 2.33 bits per heavy atom. The number of alkyl halides is 1. The summed E-state index contributed by atoms with van der Waals surface area (Å²) in [5, 5.41) is 22.3. The summed E-state index contributed by atoms with van der Waals surface area (Å²) in [5.74, 6) is 0.236. The highest BCUT2D eigenvalue weighted by Gasteiger charge is 2.14. The van der Waals surface area contributed by atoms with Crippen LogP contribution in [0.1, 0.15) is 0 Å². The zero-order valence-electron chi connectivity index (χ0n) is 9.47. The predicted molar refractivity (Wildman–Crippen MR) is 70.7 cm³/mol. The van der Waals surface area contributed by atoms with Crippen molar-refractivity contribution in [3.8, 4) is 0 Å². The lowest BCUT2D eigenvalue weighted by molar-refractivity contribution is -0.383. The van der Waals surface area contributed by atoms with Crippen LogP contribution in [0, 0.1) is 10.1 Å². The second-order valence-electron chi connectivity index (χ2n) is 3.35. The average molecular weight is 273 g/mol. The zero-order valence-corrected chi connectivity index (χ0v) is 10.2. The van der Waals surface area contributed by atoms with E-state index in [0.717, 1.165) is 0 Å². The van der Waals surface area contributed by atoms with E-state index >= 15 is 0 Å². The summed E-state index contributed by atoms with van der Waals surface area (Å²) in [6, 6.07) is 4.37. The van der Waals surface area contributed by atoms with E-state index in [-0.39, 0.29) is 30.6 Å². The van der Waals surface area contributed by atoms with Crippen LogP contribution in [0.25, 0.3) is 0 Å². The zero-order chi connectivity index (χ0) is 13.5. The van der Waals surface area contributed by atoms with Crippen LogP contribution < -0.4 is 11.1 Å². The number of nitro benzene ring substituents is 1. The highest BCUT2D eigenvalue weighted by molar-refractivity contribution is 6.28. The molecule has 0 spiro atoms. The van der Waals surface area contributed by atoms with E-state index in [9.17, 15) is 10.1 Å². The Morgan fingerprint density at radius 3 is 2.89 bits per heavy atom. The van der Waals surface area contributed by atoms with Gasteiger partial charge in [-0.3, -0.25) is 10.1 Å². The quantitative estimate of drug-likeness (QED) is 0.237. The largest absolute Gasteiger partial charge is 0.395 e. The number of aliphatic hydroxyl groups is 1. The van der Waals surface area contributed by atoms with Gasteiger partial charge in [0.05, 0.1) is 23.1 Å². The molecule has 0 aromatic heterocycles. The summed E-state index contributed by atoms with van der Waals surface area (Å²) in [6.45, 7) is 0.115. The average Bonchev–Trinajstić information content (AvgIpc) is 2.36. The van der Waals surface area contributed by atoms with Crippen molar-refractivity contribution in [3.05, 3.63) is 28.3 Å². The van der Waals surface area contributed by atoms with E-state index in [1.807, 2.05) is 0 Å². The highest BCUT2D eigenvalue weighted by atomic mass is 35.5. The molecule has 0 bridgehead atoms. The maximum absolute atomic E-state index is 10.9. The minimum Gasteiger partial charge on any atom is -0.395 e. The molecular formula is C10H13ClN4O3. The molecule has 0 heterocycles. The molecule has 7 nitrogen and oxygen atoms in total. The van der Waals surface area contributed by atoms with Crippen LogP contribution >= 0.6 is 11.6 Å². The fourth-order valence-corrected chi connectivity index (χ4v) is 1.34. The van der Waals surface area contributed by atoms with Crippen molar-refractivity contribution in [2.24, 2.45) is 10.7 Å². The number of nitro groups is 1. The van der Waals surface area contributed by atoms with E-state index in [0.29, 0.717) is 11.4 Å². The maximum Gasteiger partial charge on any atom is 0.294 e. The number of anilines is 1. The van der Waals surface area contributed by atoms with Gasteiger partial charge in [0.2, 0.25) is 0 Å². The summed E-state index contributed by atoms with van der Waals surface area (Å²) in [5.41, 5.74) is 5.99. The van der Waals surface area contributed by atoms with Gasteiger partial charge < -0.3 is 16.2 Å². The van der Waals surface area contributed by atoms with Gasteiger partial charge in [-0.1, -0.05) is 0 Å². The number of hydrogen-bond acceptors (Lipinski definition) is 5. The Labute approximate surface area is 108 Å². The minimum atomic E-state index is -0.532. The molecule has 4 N–H and O–H groups in total. The number of nitrogens with two attached hydrogens (primary N) is 1. The first-order valence-electron chi connectivity index (χ1n) is 5.10. The first-order valence-corrected chi connectivity index (χ1v) is 5.64. The topological polar surface area (TPSA) is 114 Å². The molecule has 0 aliphatic carbocycles. The molecule has 0 saturated carbocycles. The van der Waals surface area contributed by atoms with E-state index in [1.165, 1.54) is 12.1 Å². The number of hydrogen-bond donors (Lipinski definition) is 3. The molecule has 1 aromatic rings. The van der Waals surface area contributed by atoms with Gasteiger partial charge in [0.1, 0.15) is 11.5 Å². The normalized spacial score (nSPS) is 11.3. The van der Waals surface area contributed by atoms with Crippen molar-refractivity contribution in [1.29, 1.82) is 0 Å². The Morgan fingerprint density at radius 1 is 1.61 bits per heavy atom. The maximum atomic E-state index is 10.9. The first-order chi connectivity index (χ1) is 8.58. The van der Waals surface area contributed by atoms with Crippen molar-refractivity contribution < 1.29 is 10.0 Å². The smallest absolute Gasteiger partial charge is 0.294 e. The molecule has 98 valence electrons. The number of nitrogens with zero attached hydrogens (tertiary/aromatic N) is 2. The minimum absolute atomic E-state index is 0.0539. The SMILES string of the molecule is NC(CCl)=Nc1ccc(NCCO)c([N+](=O)[O-])c1. The lowest BCUT2D eigenvalue weighted by atomic mass is 10.2. The van der Waals surface area contributed by atoms with Crippen LogP contribution in [0.15, 0.2) is 23.2 Å². The summed E-state index contributed by atoms with van der Waals surface area (Å²) in [4.78, 5) is 14.3. The Hall–Kier alpha value is -1.86. The molecule has 18 heavy (non-hydrogen) atoms. The number of amidine groups is 1. The predicted octanol–water partition coefficient (Wildman–Crippen LogP) is 1.23. The van der Waals surface area contributed by atoms with Crippen molar-refractivity contribution in [2.75, 3.05) is 24.3 Å². The molecule has 0 atom stereocenters. The third-order valence-corrected chi connectivity index (χ3v) is 2.29. The molecular weight excluding hydrogens is 260 g/mol. The van der Waals surface area contributed by atoms with Crippen LogP contribution in [-0.2, 0) is 0 Å². The van der Waals surface area contributed by atoms with Crippen LogP contribution in [0.4, 0.5) is 17.1 Å². The summed E-state index contributed by atoms with van der Waals surface area (Å²) in [6.07, 6.45) is 0. The molecule has 1 aromatic carbocycles. The first kappa shape index (κ1) is 14.2. The van der Waals surface area contributed by atoms with Crippen LogP contribution in [0.2, 0.25) is 0 Å². The van der Waals surface area contributed by atoms with Gasteiger partial charge in [-0.05, 0) is 12.1 Å². The lowest BCUT2D eigenvalue weighted by Gasteiger charge is -2.06. The Bertz CT molecular complexity index is 464. The van der Waals surface area contributed by atoms with Gasteiger partial charge in [0.25, 0.3) is 5.69 Å². The van der Waals surface area contributed by atoms with Gasteiger partial charge in [0.15, 0.2) is 0 Å². The van der Waals surface area contributed by atoms with E-state index in [4.69, 9.17) is 22.4 Å². The molecule has 0 aliphatic heterocycles. The molecule has 0 unspecified atom stereocenters. The van der Waals surface area contributed by atoms with Gasteiger partial charge >= 0.3 is 0 Å². The molecule has 0 aliphatic rings. The number of nitrogens with one attached hydrogen (secondary N) is 1. The van der Waals surface area contributed by atoms with Gasteiger partial charge in [-0.2, -0.15) is 0 Å². The van der Waals surface area contributed by atoms with Crippen molar-refractivity contribution in [1.82, 2.24) is 0 Å². The van der Waals surface area contributed by atoms with Crippen LogP contribution in [0.3, 0.4) is 0 Å². The van der Waals surface area contributed by atoms with Gasteiger partial charge in [0, 0.05) is 12.6 Å². The number of aliphatic imine (C=N–C) groups is 1. The second kappa shape index (κ2) is 6.77. The summed E-state index contributed by atoms with van der Waals surface area (Å²) < 4.78 is 0. The number of benzene rings is 1. The molecule has 8 heteroatoms. The summed E-state index contributed by atoms with van der Waals surface area (Å²) in [7, 11) is 0. The second-order valence-corrected chi connectivity index (χ2v) is 3.61. The van der Waals surface area contributed by atoms with E-state index in [1.54, 1.807) is 6.07 Å². The summed E-state index contributed by atoms with van der Waals surface area (Å²) >= 11 is 5.47. The Kier molecular flexibility index (Phi) is 5.34. The Balaban J connectivity index is 3.07. The molecule has 0 saturated heterocycles. The third kappa shape index (κ3) is 3.86. The van der Waals surface area contributed by atoms with Gasteiger partial charge in [-0.25, -0.2) is 4.99 Å². The molecule has 0 fully saturated rings. The molecule has 1 rings (SSSR count). The number of rotatable bonds is 6. The fourth-order valence-electron chi connectivity index (χ4n) is 1.28. The van der Waals surface area contributed by atoms with Crippen molar-refractivity contribution in [3.63, 3.8) is 0 Å². The fraction of sp³-hybridized carbons (Fsp3) is 0.300. The number of halogens is 1. The van der Waals surface area contributed by atoms with E-state index in [2.05, 4.69) is 10.3 Å². The molecule has 0 radical (unpaired) electrons.